The lowest BCUT2D eigenvalue weighted by molar-refractivity contribution is -0.125. The molecule has 2 amide bonds. The molecule has 2 heterocycles. The number of nitrogens with zero attached hydrogens (tertiary/aromatic N) is 1. The van der Waals surface area contributed by atoms with E-state index < -0.39 is 24.4 Å². The Morgan fingerprint density at radius 1 is 1.14 bits per heavy atom. The molecule has 0 spiro atoms. The molecule has 8 nitrogen and oxygen atoms in total. The molecule has 8 heteroatoms. The number of hydrogen-bond donors (Lipinski definition) is 2. The van der Waals surface area contributed by atoms with Gasteiger partial charge in [-0.05, 0) is 24.3 Å². The van der Waals surface area contributed by atoms with Crippen LogP contribution in [0.5, 0.6) is 0 Å². The summed E-state index contributed by atoms with van der Waals surface area (Å²) < 4.78 is 9.55. The predicted octanol–water partition coefficient (Wildman–Crippen LogP) is 0.293. The molecule has 2 aromatic heterocycles. The second kappa shape index (κ2) is 6.85. The van der Waals surface area contributed by atoms with Crippen LogP contribution in [0.25, 0.3) is 0 Å². The molecular weight excluding hydrogens is 278 g/mol. The Morgan fingerprint density at radius 2 is 2.00 bits per heavy atom. The monoisotopic (exact) mass is 289 g/mol. The first-order valence-corrected chi connectivity index (χ1v) is 5.87. The van der Waals surface area contributed by atoms with E-state index in [2.05, 4.69) is 15.8 Å². The first-order valence-electron chi connectivity index (χ1n) is 5.87. The Bertz CT molecular complexity index is 625. The molecule has 2 rings (SSSR count). The molecule has 2 N–H and O–H groups in total. The fourth-order valence-corrected chi connectivity index (χ4v) is 1.32. The zero-order chi connectivity index (χ0) is 15.1. The molecule has 0 radical (unpaired) electrons. The van der Waals surface area contributed by atoms with E-state index in [1.165, 1.54) is 30.7 Å². The molecule has 0 aliphatic carbocycles. The largest absolute Gasteiger partial charge is 0.459 e. The maximum absolute atomic E-state index is 11.5. The summed E-state index contributed by atoms with van der Waals surface area (Å²) in [7, 11) is 0. The van der Waals surface area contributed by atoms with E-state index in [9.17, 15) is 14.4 Å². The summed E-state index contributed by atoms with van der Waals surface area (Å²) in [6.07, 6.45) is 2.76. The summed E-state index contributed by atoms with van der Waals surface area (Å²) in [6, 6.07) is 7.69. The second-order valence-corrected chi connectivity index (χ2v) is 3.77. The molecule has 108 valence electrons. The second-order valence-electron chi connectivity index (χ2n) is 3.77. The highest BCUT2D eigenvalue weighted by Gasteiger charge is 2.12. The van der Waals surface area contributed by atoms with E-state index in [0.717, 1.165) is 0 Å². The molecular formula is C13H11N3O5. The number of ether oxygens (including phenoxy) is 1. The lowest BCUT2D eigenvalue weighted by Crippen LogP contribution is -2.43. The molecule has 0 aromatic carbocycles. The Morgan fingerprint density at radius 3 is 2.67 bits per heavy atom. The quantitative estimate of drug-likeness (QED) is 0.618. The maximum atomic E-state index is 11.5. The van der Waals surface area contributed by atoms with Crippen LogP contribution in [-0.2, 0) is 9.53 Å². The average Bonchev–Trinajstić information content (AvgIpc) is 3.05. The van der Waals surface area contributed by atoms with Crippen LogP contribution in [-0.4, -0.2) is 29.4 Å². The normalized spacial score (nSPS) is 9.71. The number of carbonyl (C=O) groups is 3. The highest BCUT2D eigenvalue weighted by molar-refractivity contribution is 5.93. The topological polar surface area (TPSA) is 111 Å². The smallest absolute Gasteiger partial charge is 0.357 e. The van der Waals surface area contributed by atoms with Crippen LogP contribution in [0, 0.1) is 0 Å². The Kier molecular flexibility index (Phi) is 4.65. The fraction of sp³-hybridized carbons (Fsp3) is 0.0769. The van der Waals surface area contributed by atoms with Gasteiger partial charge in [-0.15, -0.1) is 0 Å². The lowest BCUT2D eigenvalue weighted by Gasteiger charge is -2.06. The molecule has 21 heavy (non-hydrogen) atoms. The standard InChI is InChI=1S/C13H11N3O5/c17-11(15-16-12(18)10-5-3-7-20-10)8-21-13(19)9-4-1-2-6-14-9/h1-7H,8H2,(H,15,17)(H,16,18). The van der Waals surface area contributed by atoms with Crippen molar-refractivity contribution in [3.05, 3.63) is 54.2 Å². The van der Waals surface area contributed by atoms with Crippen LogP contribution < -0.4 is 10.9 Å². The van der Waals surface area contributed by atoms with Crippen molar-refractivity contribution in [2.75, 3.05) is 6.61 Å². The number of carbonyl (C=O) groups excluding carboxylic acids is 3. The molecule has 0 atom stereocenters. The average molecular weight is 289 g/mol. The number of esters is 1. The number of hydrogen-bond acceptors (Lipinski definition) is 6. The number of furan rings is 1. The number of rotatable bonds is 4. The van der Waals surface area contributed by atoms with Crippen LogP contribution >= 0.6 is 0 Å². The lowest BCUT2D eigenvalue weighted by atomic mass is 10.3. The predicted molar refractivity (Wildman–Crippen MR) is 68.8 cm³/mol. The Hall–Kier alpha value is -3.16. The van der Waals surface area contributed by atoms with Gasteiger partial charge in [0, 0.05) is 6.20 Å². The molecule has 0 unspecified atom stereocenters. The van der Waals surface area contributed by atoms with Crippen molar-refractivity contribution in [3.8, 4) is 0 Å². The molecule has 0 fully saturated rings. The summed E-state index contributed by atoms with van der Waals surface area (Å²) in [5, 5.41) is 0. The summed E-state index contributed by atoms with van der Waals surface area (Å²) in [6.45, 7) is -0.548. The van der Waals surface area contributed by atoms with Gasteiger partial charge >= 0.3 is 11.9 Å². The number of hydrazine groups is 1. The summed E-state index contributed by atoms with van der Waals surface area (Å²) in [4.78, 5) is 38.1. The van der Waals surface area contributed by atoms with Crippen LogP contribution in [0.2, 0.25) is 0 Å². The third kappa shape index (κ3) is 4.16. The number of amides is 2. The van der Waals surface area contributed by atoms with E-state index in [-0.39, 0.29) is 11.5 Å². The first-order chi connectivity index (χ1) is 10.2. The van der Waals surface area contributed by atoms with Gasteiger partial charge in [0.05, 0.1) is 6.26 Å². The van der Waals surface area contributed by atoms with Gasteiger partial charge in [0.25, 0.3) is 5.91 Å². The van der Waals surface area contributed by atoms with Gasteiger partial charge in [-0.25, -0.2) is 9.78 Å². The maximum Gasteiger partial charge on any atom is 0.357 e. The van der Waals surface area contributed by atoms with Crippen molar-refractivity contribution in [1.82, 2.24) is 15.8 Å². The van der Waals surface area contributed by atoms with Crippen LogP contribution in [0.15, 0.2) is 47.2 Å². The fourth-order valence-electron chi connectivity index (χ4n) is 1.32. The summed E-state index contributed by atoms with van der Waals surface area (Å²) >= 11 is 0. The van der Waals surface area contributed by atoms with Crippen molar-refractivity contribution < 1.29 is 23.5 Å². The van der Waals surface area contributed by atoms with Gasteiger partial charge in [-0.2, -0.15) is 0 Å². The Labute approximate surface area is 119 Å². The molecule has 0 aliphatic heterocycles. The zero-order valence-electron chi connectivity index (χ0n) is 10.7. The summed E-state index contributed by atoms with van der Waals surface area (Å²) in [5.41, 5.74) is 4.28. The van der Waals surface area contributed by atoms with E-state index in [4.69, 9.17) is 9.15 Å². The molecule has 0 saturated heterocycles. The zero-order valence-corrected chi connectivity index (χ0v) is 10.7. The van der Waals surface area contributed by atoms with Gasteiger partial charge in [0.15, 0.2) is 12.4 Å². The minimum atomic E-state index is -0.733. The van der Waals surface area contributed by atoms with Crippen LogP contribution in [0.1, 0.15) is 21.0 Å². The van der Waals surface area contributed by atoms with Gasteiger partial charge in [-0.3, -0.25) is 20.4 Å². The van der Waals surface area contributed by atoms with E-state index in [1.54, 1.807) is 12.1 Å². The Balaban J connectivity index is 1.73. The van der Waals surface area contributed by atoms with Gasteiger partial charge in [-0.1, -0.05) is 6.07 Å². The highest BCUT2D eigenvalue weighted by atomic mass is 16.5. The van der Waals surface area contributed by atoms with E-state index in [1.807, 2.05) is 0 Å². The van der Waals surface area contributed by atoms with Crippen molar-refractivity contribution in [3.63, 3.8) is 0 Å². The van der Waals surface area contributed by atoms with Crippen molar-refractivity contribution in [1.29, 1.82) is 0 Å². The van der Waals surface area contributed by atoms with Crippen molar-refractivity contribution in [2.24, 2.45) is 0 Å². The van der Waals surface area contributed by atoms with E-state index in [0.29, 0.717) is 0 Å². The third-order valence-electron chi connectivity index (χ3n) is 2.27. The minimum Gasteiger partial charge on any atom is -0.459 e. The highest BCUT2D eigenvalue weighted by Crippen LogP contribution is 1.98. The van der Waals surface area contributed by atoms with Gasteiger partial charge in [0.1, 0.15) is 5.69 Å². The minimum absolute atomic E-state index is 0.0424. The third-order valence-corrected chi connectivity index (χ3v) is 2.27. The molecule has 0 aliphatic rings. The first kappa shape index (κ1) is 14.3. The van der Waals surface area contributed by atoms with Crippen LogP contribution in [0.4, 0.5) is 0 Å². The molecule has 0 bridgehead atoms. The number of pyridine rings is 1. The van der Waals surface area contributed by atoms with Crippen LogP contribution in [0.3, 0.4) is 0 Å². The van der Waals surface area contributed by atoms with Gasteiger partial charge in [0.2, 0.25) is 0 Å². The summed E-state index contributed by atoms with van der Waals surface area (Å²) in [5.74, 6) is -2.01. The number of aromatic nitrogens is 1. The van der Waals surface area contributed by atoms with Crippen molar-refractivity contribution in [2.45, 2.75) is 0 Å². The van der Waals surface area contributed by atoms with Gasteiger partial charge < -0.3 is 9.15 Å². The van der Waals surface area contributed by atoms with E-state index >= 15 is 0 Å². The SMILES string of the molecule is O=C(COC(=O)c1ccccn1)NNC(=O)c1ccco1. The van der Waals surface area contributed by atoms with Crippen molar-refractivity contribution >= 4 is 17.8 Å². The molecule has 2 aromatic rings. The molecule has 0 saturated carbocycles. The number of nitrogens with one attached hydrogen (secondary N) is 2.